The van der Waals surface area contributed by atoms with Gasteiger partial charge in [-0.1, -0.05) is 29.8 Å². The van der Waals surface area contributed by atoms with Crippen molar-refractivity contribution in [1.82, 2.24) is 5.32 Å². The number of nitrogens with one attached hydrogen (secondary N) is 2. The first kappa shape index (κ1) is 18.1. The molecule has 1 amide bonds. The van der Waals surface area contributed by atoms with Gasteiger partial charge in [0.1, 0.15) is 5.75 Å². The van der Waals surface area contributed by atoms with E-state index >= 15 is 0 Å². The Hall–Kier alpha value is -2.20. The minimum atomic E-state index is 0.0377. The Morgan fingerprint density at radius 1 is 1.12 bits per heavy atom. The number of rotatable bonds is 8. The molecular formula is C19H23ClN2O2. The predicted octanol–water partition coefficient (Wildman–Crippen LogP) is 3.82. The number of carbonyl (C=O) groups excluding carboxylic acids is 1. The third kappa shape index (κ3) is 5.46. The topological polar surface area (TPSA) is 50.4 Å². The second kappa shape index (κ2) is 9.18. The van der Waals surface area contributed by atoms with Crippen molar-refractivity contribution in [2.45, 2.75) is 19.8 Å². The predicted molar refractivity (Wildman–Crippen MR) is 99.0 cm³/mol. The third-order valence-electron chi connectivity index (χ3n) is 3.83. The zero-order chi connectivity index (χ0) is 17.4. The lowest BCUT2D eigenvalue weighted by molar-refractivity contribution is -0.120. The SMILES string of the molecule is COc1ccc(CCNC(=O)CCNc2cccc(Cl)c2C)cc1. The minimum absolute atomic E-state index is 0.0377. The summed E-state index contributed by atoms with van der Waals surface area (Å²) < 4.78 is 5.12. The summed E-state index contributed by atoms with van der Waals surface area (Å²) in [6.45, 7) is 3.16. The Bertz CT molecular complexity index is 672. The van der Waals surface area contributed by atoms with Gasteiger partial charge >= 0.3 is 0 Å². The van der Waals surface area contributed by atoms with Gasteiger partial charge in [-0.2, -0.15) is 0 Å². The number of methoxy groups -OCH3 is 1. The summed E-state index contributed by atoms with van der Waals surface area (Å²) in [4.78, 5) is 11.9. The molecule has 128 valence electrons. The van der Waals surface area contributed by atoms with Crippen LogP contribution in [0.4, 0.5) is 5.69 Å². The molecule has 0 aliphatic heterocycles. The molecule has 0 unspecified atom stereocenters. The first-order valence-corrected chi connectivity index (χ1v) is 8.36. The van der Waals surface area contributed by atoms with E-state index in [-0.39, 0.29) is 5.91 Å². The van der Waals surface area contributed by atoms with Crippen LogP contribution >= 0.6 is 11.6 Å². The summed E-state index contributed by atoms with van der Waals surface area (Å²) in [6.07, 6.45) is 1.23. The second-order valence-electron chi connectivity index (χ2n) is 5.54. The summed E-state index contributed by atoms with van der Waals surface area (Å²) in [5.41, 5.74) is 3.14. The van der Waals surface area contributed by atoms with Gasteiger partial charge in [0.15, 0.2) is 0 Å². The third-order valence-corrected chi connectivity index (χ3v) is 4.24. The molecule has 0 aliphatic carbocycles. The quantitative estimate of drug-likeness (QED) is 0.764. The van der Waals surface area contributed by atoms with Crippen molar-refractivity contribution in [3.05, 3.63) is 58.6 Å². The average Bonchev–Trinajstić information content (AvgIpc) is 2.59. The van der Waals surface area contributed by atoms with Crippen molar-refractivity contribution < 1.29 is 9.53 Å². The highest BCUT2D eigenvalue weighted by Gasteiger charge is 2.04. The standard InChI is InChI=1S/C19H23ClN2O2/c1-14-17(20)4-3-5-18(14)21-13-11-19(23)22-12-10-15-6-8-16(24-2)9-7-15/h3-9,21H,10-13H2,1-2H3,(H,22,23). The number of hydrogen-bond donors (Lipinski definition) is 2. The fraction of sp³-hybridized carbons (Fsp3) is 0.316. The van der Waals surface area contributed by atoms with E-state index in [9.17, 15) is 4.79 Å². The maximum Gasteiger partial charge on any atom is 0.221 e. The van der Waals surface area contributed by atoms with Crippen molar-refractivity contribution >= 4 is 23.2 Å². The molecular weight excluding hydrogens is 324 g/mol. The van der Waals surface area contributed by atoms with Crippen LogP contribution in [0, 0.1) is 6.92 Å². The lowest BCUT2D eigenvalue weighted by Crippen LogP contribution is -2.27. The Kier molecular flexibility index (Phi) is 6.94. The largest absolute Gasteiger partial charge is 0.497 e. The summed E-state index contributed by atoms with van der Waals surface area (Å²) in [5.74, 6) is 0.876. The van der Waals surface area contributed by atoms with Crippen LogP contribution in [0.15, 0.2) is 42.5 Å². The number of halogens is 1. The number of ether oxygens (including phenoxy) is 1. The highest BCUT2D eigenvalue weighted by atomic mass is 35.5. The van der Waals surface area contributed by atoms with Crippen LogP contribution in [0.2, 0.25) is 5.02 Å². The van der Waals surface area contributed by atoms with Crippen molar-refractivity contribution in [2.75, 3.05) is 25.5 Å². The Morgan fingerprint density at radius 2 is 1.88 bits per heavy atom. The van der Waals surface area contributed by atoms with E-state index in [4.69, 9.17) is 16.3 Å². The molecule has 0 spiro atoms. The van der Waals surface area contributed by atoms with Crippen LogP contribution in [-0.2, 0) is 11.2 Å². The molecule has 5 heteroatoms. The van der Waals surface area contributed by atoms with Crippen molar-refractivity contribution in [3.63, 3.8) is 0 Å². The maximum atomic E-state index is 11.9. The molecule has 0 fully saturated rings. The van der Waals surface area contributed by atoms with Crippen LogP contribution in [0.5, 0.6) is 5.75 Å². The smallest absolute Gasteiger partial charge is 0.221 e. The fourth-order valence-electron chi connectivity index (χ4n) is 2.34. The summed E-state index contributed by atoms with van der Waals surface area (Å²) in [7, 11) is 1.65. The van der Waals surface area contributed by atoms with Gasteiger partial charge in [-0.15, -0.1) is 0 Å². The first-order valence-electron chi connectivity index (χ1n) is 7.99. The molecule has 0 saturated carbocycles. The molecule has 4 nitrogen and oxygen atoms in total. The monoisotopic (exact) mass is 346 g/mol. The van der Waals surface area contributed by atoms with Gasteiger partial charge in [-0.3, -0.25) is 4.79 Å². The summed E-state index contributed by atoms with van der Waals surface area (Å²) in [6, 6.07) is 13.6. The molecule has 2 rings (SSSR count). The van der Waals surface area contributed by atoms with E-state index in [0.29, 0.717) is 19.5 Å². The number of amides is 1. The van der Waals surface area contributed by atoms with Crippen LogP contribution in [-0.4, -0.2) is 26.1 Å². The molecule has 0 radical (unpaired) electrons. The van der Waals surface area contributed by atoms with E-state index in [0.717, 1.165) is 28.4 Å². The molecule has 0 atom stereocenters. The zero-order valence-electron chi connectivity index (χ0n) is 14.1. The van der Waals surface area contributed by atoms with E-state index in [2.05, 4.69) is 10.6 Å². The molecule has 0 saturated heterocycles. The lowest BCUT2D eigenvalue weighted by atomic mass is 10.1. The van der Waals surface area contributed by atoms with Crippen LogP contribution in [0.3, 0.4) is 0 Å². The maximum absolute atomic E-state index is 11.9. The lowest BCUT2D eigenvalue weighted by Gasteiger charge is -2.11. The minimum Gasteiger partial charge on any atom is -0.497 e. The van der Waals surface area contributed by atoms with Gasteiger partial charge in [0.25, 0.3) is 0 Å². The molecule has 24 heavy (non-hydrogen) atoms. The normalized spacial score (nSPS) is 10.3. The molecule has 0 heterocycles. The highest BCUT2D eigenvalue weighted by molar-refractivity contribution is 6.31. The van der Waals surface area contributed by atoms with Gasteiger partial charge in [0.2, 0.25) is 5.91 Å². The average molecular weight is 347 g/mol. The van der Waals surface area contributed by atoms with Gasteiger partial charge in [0.05, 0.1) is 7.11 Å². The number of hydrogen-bond acceptors (Lipinski definition) is 3. The van der Waals surface area contributed by atoms with E-state index in [1.54, 1.807) is 7.11 Å². The van der Waals surface area contributed by atoms with Crippen molar-refractivity contribution in [3.8, 4) is 5.75 Å². The van der Waals surface area contributed by atoms with Crippen molar-refractivity contribution in [2.24, 2.45) is 0 Å². The van der Waals surface area contributed by atoms with Gasteiger partial charge in [-0.25, -0.2) is 0 Å². The molecule has 2 N–H and O–H groups in total. The second-order valence-corrected chi connectivity index (χ2v) is 5.94. The van der Waals surface area contributed by atoms with E-state index in [1.165, 1.54) is 5.56 Å². The number of carbonyl (C=O) groups is 1. The molecule has 2 aromatic carbocycles. The van der Waals surface area contributed by atoms with Gasteiger partial charge in [-0.05, 0) is 48.7 Å². The fourth-order valence-corrected chi connectivity index (χ4v) is 2.51. The molecule has 0 bridgehead atoms. The molecule has 0 aromatic heterocycles. The van der Waals surface area contributed by atoms with E-state index < -0.39 is 0 Å². The Labute approximate surface area is 148 Å². The number of anilines is 1. The first-order chi connectivity index (χ1) is 11.6. The van der Waals surface area contributed by atoms with Crippen molar-refractivity contribution in [1.29, 1.82) is 0 Å². The van der Waals surface area contributed by atoms with Crippen LogP contribution in [0.25, 0.3) is 0 Å². The Balaban J connectivity index is 1.67. The number of benzene rings is 2. The summed E-state index contributed by atoms with van der Waals surface area (Å²) >= 11 is 6.07. The molecule has 0 aliphatic rings. The summed E-state index contributed by atoms with van der Waals surface area (Å²) in [5, 5.41) is 6.91. The van der Waals surface area contributed by atoms with Gasteiger partial charge < -0.3 is 15.4 Å². The highest BCUT2D eigenvalue weighted by Crippen LogP contribution is 2.22. The van der Waals surface area contributed by atoms with E-state index in [1.807, 2.05) is 49.4 Å². The van der Waals surface area contributed by atoms with Gasteiger partial charge in [0, 0.05) is 30.2 Å². The van der Waals surface area contributed by atoms with Crippen LogP contribution in [0.1, 0.15) is 17.5 Å². The Morgan fingerprint density at radius 3 is 2.58 bits per heavy atom. The zero-order valence-corrected chi connectivity index (χ0v) is 14.8. The molecule has 2 aromatic rings. The van der Waals surface area contributed by atoms with Crippen LogP contribution < -0.4 is 15.4 Å².